The quantitative estimate of drug-likeness (QED) is 0.239. The summed E-state index contributed by atoms with van der Waals surface area (Å²) in [6.07, 6.45) is 0. The van der Waals surface area contributed by atoms with Crippen LogP contribution in [-0.4, -0.2) is 15.0 Å². The minimum Gasteiger partial charge on any atom is -0.208 e. The van der Waals surface area contributed by atoms with Crippen molar-refractivity contribution in [3.8, 4) is 22.8 Å². The van der Waals surface area contributed by atoms with Crippen molar-refractivity contribution < 1.29 is 0 Å². The molecule has 6 aromatic carbocycles. The van der Waals surface area contributed by atoms with Crippen LogP contribution in [0.5, 0.6) is 0 Å². The average molecular weight is 468 g/mol. The Kier molecular flexibility index (Phi) is 4.51. The van der Waals surface area contributed by atoms with Crippen LogP contribution < -0.4 is 0 Å². The number of nitrogens with zero attached hydrogens (tertiary/aromatic N) is 3. The van der Waals surface area contributed by atoms with E-state index in [1.165, 1.54) is 37.7 Å². The molecule has 0 spiro atoms. The van der Waals surface area contributed by atoms with Crippen LogP contribution in [0.15, 0.2) is 109 Å². The second kappa shape index (κ2) is 7.86. The Balaban J connectivity index is 1.45. The van der Waals surface area contributed by atoms with Gasteiger partial charge in [0, 0.05) is 11.1 Å². The highest BCUT2D eigenvalue weighted by Crippen LogP contribution is 2.36. The lowest BCUT2D eigenvalue weighted by Gasteiger charge is -2.12. The molecule has 0 atom stereocenters. The van der Waals surface area contributed by atoms with Crippen LogP contribution in [0.25, 0.3) is 65.9 Å². The molecule has 164 valence electrons. The van der Waals surface area contributed by atoms with Crippen molar-refractivity contribution in [3.05, 3.63) is 114 Å². The molecule has 1 heterocycles. The van der Waals surface area contributed by atoms with Crippen LogP contribution in [0.3, 0.4) is 0 Å². The first kappa shape index (κ1) is 20.1. The molecule has 0 unspecified atom stereocenters. The van der Waals surface area contributed by atoms with Gasteiger partial charge < -0.3 is 0 Å². The molecule has 0 amide bonds. The van der Waals surface area contributed by atoms with Crippen LogP contribution in [0.1, 0.15) is 0 Å². The van der Waals surface area contributed by atoms with Crippen LogP contribution in [0, 0.1) is 0 Å². The molecule has 0 saturated carbocycles. The second-order valence-electron chi connectivity index (χ2n) is 8.67. The number of benzene rings is 6. The second-order valence-corrected chi connectivity index (χ2v) is 9.00. The van der Waals surface area contributed by atoms with Crippen LogP contribution in [0.2, 0.25) is 5.28 Å². The third-order valence-electron chi connectivity index (χ3n) is 6.62. The van der Waals surface area contributed by atoms with Crippen LogP contribution in [0.4, 0.5) is 0 Å². The maximum absolute atomic E-state index is 6.40. The Labute approximate surface area is 206 Å². The molecule has 0 saturated heterocycles. The summed E-state index contributed by atoms with van der Waals surface area (Å²) in [5.74, 6) is 1.13. The van der Waals surface area contributed by atoms with E-state index in [1.54, 1.807) is 0 Å². The zero-order chi connectivity index (χ0) is 23.4. The summed E-state index contributed by atoms with van der Waals surface area (Å²) in [5.41, 5.74) is 1.82. The fourth-order valence-electron chi connectivity index (χ4n) is 4.98. The largest absolute Gasteiger partial charge is 0.226 e. The molecule has 3 nitrogen and oxygen atoms in total. The zero-order valence-electron chi connectivity index (χ0n) is 18.6. The highest BCUT2D eigenvalue weighted by atomic mass is 35.5. The Hall–Kier alpha value is -4.34. The average Bonchev–Trinajstić information content (AvgIpc) is 2.92. The van der Waals surface area contributed by atoms with Gasteiger partial charge in [-0.1, -0.05) is 97.1 Å². The normalized spacial score (nSPS) is 11.6. The molecular formula is C31H18ClN3. The third-order valence-corrected chi connectivity index (χ3v) is 6.79. The molecule has 4 heteroatoms. The molecule has 0 aliphatic heterocycles. The van der Waals surface area contributed by atoms with Crippen molar-refractivity contribution in [2.75, 3.05) is 0 Å². The number of halogens is 1. The van der Waals surface area contributed by atoms with Gasteiger partial charge in [-0.25, -0.2) is 4.98 Å². The van der Waals surface area contributed by atoms with Crippen molar-refractivity contribution in [1.82, 2.24) is 15.0 Å². The molecular weight excluding hydrogens is 450 g/mol. The van der Waals surface area contributed by atoms with E-state index in [0.29, 0.717) is 11.6 Å². The van der Waals surface area contributed by atoms with Gasteiger partial charge >= 0.3 is 0 Å². The highest BCUT2D eigenvalue weighted by Gasteiger charge is 2.13. The van der Waals surface area contributed by atoms with Crippen molar-refractivity contribution in [2.45, 2.75) is 0 Å². The fourth-order valence-corrected chi connectivity index (χ4v) is 5.14. The van der Waals surface area contributed by atoms with Crippen molar-refractivity contribution in [1.29, 1.82) is 0 Å². The number of fused-ring (bicyclic) bond motifs is 7. The predicted octanol–water partition coefficient (Wildman–Crippen LogP) is 8.47. The van der Waals surface area contributed by atoms with E-state index < -0.39 is 0 Å². The van der Waals surface area contributed by atoms with E-state index in [0.717, 1.165) is 16.5 Å². The van der Waals surface area contributed by atoms with E-state index in [1.807, 2.05) is 18.2 Å². The Morgan fingerprint density at radius 1 is 0.400 bits per heavy atom. The summed E-state index contributed by atoms with van der Waals surface area (Å²) in [6, 6.07) is 37.9. The zero-order valence-corrected chi connectivity index (χ0v) is 19.4. The molecule has 0 radical (unpaired) electrons. The molecule has 35 heavy (non-hydrogen) atoms. The van der Waals surface area contributed by atoms with Gasteiger partial charge in [-0.05, 0) is 66.8 Å². The third kappa shape index (κ3) is 3.32. The molecule has 0 bridgehead atoms. The lowest BCUT2D eigenvalue weighted by atomic mass is 9.93. The maximum atomic E-state index is 6.40. The summed E-state index contributed by atoms with van der Waals surface area (Å²) in [4.78, 5) is 13.7. The lowest BCUT2D eigenvalue weighted by Crippen LogP contribution is -1.97. The Bertz CT molecular complexity index is 1890. The molecule has 0 N–H and O–H groups in total. The first-order valence-electron chi connectivity index (χ1n) is 11.5. The summed E-state index contributed by atoms with van der Waals surface area (Å²) < 4.78 is 0. The van der Waals surface area contributed by atoms with E-state index in [-0.39, 0.29) is 5.28 Å². The number of aromatic nitrogens is 3. The molecule has 7 rings (SSSR count). The van der Waals surface area contributed by atoms with Gasteiger partial charge in [0.2, 0.25) is 5.28 Å². The minimum atomic E-state index is 0.182. The first-order chi connectivity index (χ1) is 17.2. The van der Waals surface area contributed by atoms with Gasteiger partial charge in [-0.3, -0.25) is 0 Å². The van der Waals surface area contributed by atoms with Gasteiger partial charge in [0.25, 0.3) is 0 Å². The van der Waals surface area contributed by atoms with E-state index in [2.05, 4.69) is 101 Å². The molecule has 1 aromatic heterocycles. The topological polar surface area (TPSA) is 38.7 Å². The van der Waals surface area contributed by atoms with Crippen molar-refractivity contribution >= 4 is 54.7 Å². The summed E-state index contributed by atoms with van der Waals surface area (Å²) in [5, 5.41) is 9.79. The van der Waals surface area contributed by atoms with Gasteiger partial charge in [0.15, 0.2) is 11.6 Å². The van der Waals surface area contributed by atoms with Crippen LogP contribution >= 0.6 is 11.6 Å². The first-order valence-corrected chi connectivity index (χ1v) is 11.9. The number of rotatable bonds is 2. The smallest absolute Gasteiger partial charge is 0.208 e. The maximum Gasteiger partial charge on any atom is 0.226 e. The lowest BCUT2D eigenvalue weighted by molar-refractivity contribution is 1.07. The fraction of sp³-hybridized carbons (Fsp3) is 0. The molecule has 7 aromatic rings. The van der Waals surface area contributed by atoms with Gasteiger partial charge in [-0.2, -0.15) is 9.97 Å². The van der Waals surface area contributed by atoms with Crippen LogP contribution in [-0.2, 0) is 0 Å². The van der Waals surface area contributed by atoms with Crippen molar-refractivity contribution in [3.63, 3.8) is 0 Å². The summed E-state index contributed by atoms with van der Waals surface area (Å²) in [6.45, 7) is 0. The predicted molar refractivity (Wildman–Crippen MR) is 146 cm³/mol. The number of hydrogen-bond donors (Lipinski definition) is 0. The number of hydrogen-bond acceptors (Lipinski definition) is 3. The SMILES string of the molecule is Clc1nc(-c2ccc3ccccc3c2)nc(-c2ccc3c4ccccc4c4ccccc4c3c2)n1. The monoisotopic (exact) mass is 467 g/mol. The van der Waals surface area contributed by atoms with E-state index in [4.69, 9.17) is 16.6 Å². The highest BCUT2D eigenvalue weighted by molar-refractivity contribution is 6.28. The van der Waals surface area contributed by atoms with E-state index in [9.17, 15) is 0 Å². The minimum absolute atomic E-state index is 0.182. The molecule has 0 fully saturated rings. The standard InChI is InChI=1S/C31H18ClN3/c32-31-34-29(21-14-13-19-7-1-2-8-20(19)17-21)33-30(35-31)22-15-16-27-25-11-4-3-9-23(25)24-10-5-6-12-26(24)28(27)18-22/h1-18H. The molecule has 0 aliphatic rings. The van der Waals surface area contributed by atoms with Crippen molar-refractivity contribution in [2.24, 2.45) is 0 Å². The summed E-state index contributed by atoms with van der Waals surface area (Å²) >= 11 is 6.40. The molecule has 0 aliphatic carbocycles. The van der Waals surface area contributed by atoms with Gasteiger partial charge in [0.05, 0.1) is 0 Å². The Morgan fingerprint density at radius 3 is 1.54 bits per heavy atom. The Morgan fingerprint density at radius 2 is 0.886 bits per heavy atom. The summed E-state index contributed by atoms with van der Waals surface area (Å²) in [7, 11) is 0. The van der Waals surface area contributed by atoms with Gasteiger partial charge in [0.1, 0.15) is 0 Å². The van der Waals surface area contributed by atoms with Gasteiger partial charge in [-0.15, -0.1) is 0 Å². The van der Waals surface area contributed by atoms with E-state index >= 15 is 0 Å².